The molecule has 0 atom stereocenters. The molecule has 0 bridgehead atoms. The number of ether oxygens (including phenoxy) is 3. The second-order valence-corrected chi connectivity index (χ2v) is 6.18. The topological polar surface area (TPSA) is 62.6 Å². The van der Waals surface area contributed by atoms with Gasteiger partial charge in [0.15, 0.2) is 0 Å². The number of benzene rings is 2. The second kappa shape index (κ2) is 8.05. The molecule has 3 rings (SSSR count). The molecule has 3 aromatic rings. The number of methoxy groups -OCH3 is 2. The predicted molar refractivity (Wildman–Crippen MR) is 99.9 cm³/mol. The SMILES string of the molecule is COc1cc(C(=O)OCc2ccc(-n3cccn3)cc2)cc(OC)c1Br. The van der Waals surface area contributed by atoms with Gasteiger partial charge in [-0.15, -0.1) is 0 Å². The Hall–Kier alpha value is -2.80. The minimum atomic E-state index is -0.453. The van der Waals surface area contributed by atoms with Crippen molar-refractivity contribution in [2.24, 2.45) is 0 Å². The van der Waals surface area contributed by atoms with Crippen LogP contribution in [0.5, 0.6) is 11.5 Å². The summed E-state index contributed by atoms with van der Waals surface area (Å²) in [7, 11) is 3.05. The van der Waals surface area contributed by atoms with Crippen molar-refractivity contribution in [3.8, 4) is 17.2 Å². The van der Waals surface area contributed by atoms with E-state index in [0.29, 0.717) is 21.5 Å². The molecule has 134 valence electrons. The van der Waals surface area contributed by atoms with Gasteiger partial charge in [0.25, 0.3) is 0 Å². The van der Waals surface area contributed by atoms with Gasteiger partial charge in [0, 0.05) is 12.4 Å². The van der Waals surface area contributed by atoms with Crippen LogP contribution < -0.4 is 9.47 Å². The van der Waals surface area contributed by atoms with Gasteiger partial charge in [0.1, 0.15) is 22.6 Å². The molecule has 1 heterocycles. The summed E-state index contributed by atoms with van der Waals surface area (Å²) in [5, 5.41) is 4.17. The van der Waals surface area contributed by atoms with Gasteiger partial charge in [-0.3, -0.25) is 0 Å². The van der Waals surface area contributed by atoms with Gasteiger partial charge >= 0.3 is 5.97 Å². The van der Waals surface area contributed by atoms with Gasteiger partial charge in [0.05, 0.1) is 25.5 Å². The molecular formula is C19H17BrN2O4. The number of rotatable bonds is 6. The largest absolute Gasteiger partial charge is 0.495 e. The maximum Gasteiger partial charge on any atom is 0.338 e. The lowest BCUT2D eigenvalue weighted by Gasteiger charge is -2.11. The average Bonchev–Trinajstić information content (AvgIpc) is 3.21. The zero-order chi connectivity index (χ0) is 18.5. The lowest BCUT2D eigenvalue weighted by Crippen LogP contribution is -2.06. The minimum Gasteiger partial charge on any atom is -0.495 e. The molecule has 0 radical (unpaired) electrons. The highest BCUT2D eigenvalue weighted by Crippen LogP contribution is 2.35. The summed E-state index contributed by atoms with van der Waals surface area (Å²) in [4.78, 5) is 12.4. The Morgan fingerprint density at radius 1 is 1.12 bits per heavy atom. The first kappa shape index (κ1) is 18.0. The molecule has 7 heteroatoms. The summed E-state index contributed by atoms with van der Waals surface area (Å²) < 4.78 is 18.3. The van der Waals surface area contributed by atoms with Crippen molar-refractivity contribution >= 4 is 21.9 Å². The van der Waals surface area contributed by atoms with E-state index in [9.17, 15) is 4.79 Å². The van der Waals surface area contributed by atoms with E-state index < -0.39 is 5.97 Å². The quantitative estimate of drug-likeness (QED) is 0.568. The van der Waals surface area contributed by atoms with Crippen LogP contribution >= 0.6 is 15.9 Å². The highest BCUT2D eigenvalue weighted by atomic mass is 79.9. The van der Waals surface area contributed by atoms with E-state index in [2.05, 4.69) is 21.0 Å². The third kappa shape index (κ3) is 3.88. The molecule has 2 aromatic carbocycles. The third-order valence-corrected chi connectivity index (χ3v) is 4.54. The van der Waals surface area contributed by atoms with Gasteiger partial charge in [-0.1, -0.05) is 12.1 Å². The molecule has 0 spiro atoms. The van der Waals surface area contributed by atoms with Crippen LogP contribution in [0.15, 0.2) is 59.3 Å². The predicted octanol–water partition coefficient (Wildman–Crippen LogP) is 4.01. The van der Waals surface area contributed by atoms with E-state index in [1.807, 2.05) is 36.5 Å². The smallest absolute Gasteiger partial charge is 0.338 e. The number of aromatic nitrogens is 2. The summed E-state index contributed by atoms with van der Waals surface area (Å²) in [6.45, 7) is 0.166. The van der Waals surface area contributed by atoms with Gasteiger partial charge in [-0.05, 0) is 51.8 Å². The Morgan fingerprint density at radius 2 is 1.77 bits per heavy atom. The Labute approximate surface area is 159 Å². The van der Waals surface area contributed by atoms with E-state index in [0.717, 1.165) is 11.3 Å². The summed E-state index contributed by atoms with van der Waals surface area (Å²) >= 11 is 3.37. The molecule has 0 unspecified atom stereocenters. The molecule has 0 amide bonds. The van der Waals surface area contributed by atoms with Crippen molar-refractivity contribution in [3.63, 3.8) is 0 Å². The van der Waals surface area contributed by atoms with Crippen LogP contribution in [0, 0.1) is 0 Å². The van der Waals surface area contributed by atoms with Crippen molar-refractivity contribution in [1.82, 2.24) is 9.78 Å². The van der Waals surface area contributed by atoms with Gasteiger partial charge in [-0.2, -0.15) is 5.10 Å². The van der Waals surface area contributed by atoms with E-state index in [4.69, 9.17) is 14.2 Å². The first-order valence-corrected chi connectivity index (χ1v) is 8.59. The zero-order valence-corrected chi connectivity index (χ0v) is 15.9. The van der Waals surface area contributed by atoms with Crippen LogP contribution in [0.2, 0.25) is 0 Å². The molecule has 0 aliphatic heterocycles. The molecule has 0 N–H and O–H groups in total. The van der Waals surface area contributed by atoms with Crippen LogP contribution in [0.3, 0.4) is 0 Å². The summed E-state index contributed by atoms with van der Waals surface area (Å²) in [6.07, 6.45) is 3.58. The first-order valence-electron chi connectivity index (χ1n) is 7.80. The van der Waals surface area contributed by atoms with Crippen LogP contribution in [0.1, 0.15) is 15.9 Å². The lowest BCUT2D eigenvalue weighted by molar-refractivity contribution is 0.0472. The van der Waals surface area contributed by atoms with Gasteiger partial charge in [-0.25, -0.2) is 9.48 Å². The van der Waals surface area contributed by atoms with Crippen molar-refractivity contribution in [1.29, 1.82) is 0 Å². The van der Waals surface area contributed by atoms with Crippen molar-refractivity contribution < 1.29 is 19.0 Å². The number of esters is 1. The molecule has 26 heavy (non-hydrogen) atoms. The Morgan fingerprint density at radius 3 is 2.31 bits per heavy atom. The van der Waals surface area contributed by atoms with Crippen LogP contribution in [-0.4, -0.2) is 30.0 Å². The van der Waals surface area contributed by atoms with Gasteiger partial charge < -0.3 is 14.2 Å². The zero-order valence-electron chi connectivity index (χ0n) is 14.3. The van der Waals surface area contributed by atoms with Crippen molar-refractivity contribution in [3.05, 3.63) is 70.5 Å². The Kier molecular flexibility index (Phi) is 5.58. The van der Waals surface area contributed by atoms with Crippen molar-refractivity contribution in [2.45, 2.75) is 6.61 Å². The fraction of sp³-hybridized carbons (Fsp3) is 0.158. The highest BCUT2D eigenvalue weighted by molar-refractivity contribution is 9.10. The van der Waals surface area contributed by atoms with E-state index in [1.54, 1.807) is 23.0 Å². The van der Waals surface area contributed by atoms with E-state index in [1.165, 1.54) is 14.2 Å². The van der Waals surface area contributed by atoms with E-state index in [-0.39, 0.29) is 6.61 Å². The van der Waals surface area contributed by atoms with Crippen LogP contribution in [0.4, 0.5) is 0 Å². The maximum absolute atomic E-state index is 12.4. The van der Waals surface area contributed by atoms with Crippen molar-refractivity contribution in [2.75, 3.05) is 14.2 Å². The monoisotopic (exact) mass is 416 g/mol. The van der Waals surface area contributed by atoms with E-state index >= 15 is 0 Å². The molecule has 0 fully saturated rings. The molecule has 0 aliphatic carbocycles. The van der Waals surface area contributed by atoms with Gasteiger partial charge in [0.2, 0.25) is 0 Å². The number of hydrogen-bond acceptors (Lipinski definition) is 5. The summed E-state index contributed by atoms with van der Waals surface area (Å²) in [5.74, 6) is 0.546. The summed E-state index contributed by atoms with van der Waals surface area (Å²) in [6, 6.07) is 12.7. The Bertz CT molecular complexity index is 867. The van der Waals surface area contributed by atoms with Crippen LogP contribution in [-0.2, 0) is 11.3 Å². The molecule has 0 saturated carbocycles. The standard InChI is InChI=1S/C19H17BrN2O4/c1-24-16-10-14(11-17(25-2)18(16)20)19(23)26-12-13-4-6-15(7-5-13)22-9-3-8-21-22/h3-11H,12H2,1-2H3. The summed E-state index contributed by atoms with van der Waals surface area (Å²) in [5.41, 5.74) is 2.17. The second-order valence-electron chi connectivity index (χ2n) is 5.39. The first-order chi connectivity index (χ1) is 12.6. The fourth-order valence-electron chi connectivity index (χ4n) is 2.39. The molecule has 0 aliphatic rings. The molecule has 6 nitrogen and oxygen atoms in total. The lowest BCUT2D eigenvalue weighted by atomic mass is 10.2. The fourth-order valence-corrected chi connectivity index (χ4v) is 2.94. The minimum absolute atomic E-state index is 0.166. The normalized spacial score (nSPS) is 10.4. The number of hydrogen-bond donors (Lipinski definition) is 0. The number of nitrogens with zero attached hydrogens (tertiary/aromatic N) is 2. The molecule has 0 saturated heterocycles. The number of halogens is 1. The number of carbonyl (C=O) groups is 1. The molecule has 1 aromatic heterocycles. The average molecular weight is 417 g/mol. The van der Waals surface area contributed by atoms with Crippen LogP contribution in [0.25, 0.3) is 5.69 Å². The third-order valence-electron chi connectivity index (χ3n) is 3.76. The number of carbonyl (C=O) groups excluding carboxylic acids is 1. The highest BCUT2D eigenvalue weighted by Gasteiger charge is 2.15. The Balaban J connectivity index is 1.69. The maximum atomic E-state index is 12.4. The molecular weight excluding hydrogens is 400 g/mol.